The topological polar surface area (TPSA) is 144 Å². The number of aliphatic carboxylic acids is 1. The number of rotatable bonds is 11. The number of hydrogen-bond donors (Lipinski definition) is 2. The van der Waals surface area contributed by atoms with Crippen LogP contribution in [0.15, 0.2) is 41.7 Å². The van der Waals surface area contributed by atoms with Crippen molar-refractivity contribution >= 4 is 40.1 Å². The SMILES string of the molecule is CC(C)CC(=O)OCC(=O)[C@H](CC(=O)O)NC(=O)[C@]1(C(C)C)CC(c2nccc3ccccc23)=NO1. The van der Waals surface area contributed by atoms with E-state index in [1.807, 2.05) is 44.2 Å². The highest BCUT2D eigenvalue weighted by atomic mass is 16.7. The molecule has 1 aromatic heterocycles. The van der Waals surface area contributed by atoms with Crippen LogP contribution in [-0.2, 0) is 28.8 Å². The number of benzene rings is 1. The summed E-state index contributed by atoms with van der Waals surface area (Å²) in [6, 6.07) is 8.09. The van der Waals surface area contributed by atoms with Gasteiger partial charge in [0, 0.05) is 30.3 Å². The van der Waals surface area contributed by atoms with E-state index < -0.39 is 48.3 Å². The minimum absolute atomic E-state index is 0.0398. The van der Waals surface area contributed by atoms with Crippen molar-refractivity contribution in [3.63, 3.8) is 0 Å². The second-order valence-electron chi connectivity index (χ2n) is 9.58. The number of amides is 1. The normalized spacial score (nSPS) is 18.0. The number of carboxylic acids is 1. The molecular formula is C26H31N3O7. The quantitative estimate of drug-likeness (QED) is 0.451. The molecule has 2 aromatic rings. The first-order valence-corrected chi connectivity index (χ1v) is 11.8. The van der Waals surface area contributed by atoms with Crippen LogP contribution in [0.1, 0.15) is 52.7 Å². The van der Waals surface area contributed by atoms with Crippen molar-refractivity contribution in [2.24, 2.45) is 17.0 Å². The molecule has 1 amide bonds. The average Bonchev–Trinajstić information content (AvgIpc) is 3.28. The fourth-order valence-electron chi connectivity index (χ4n) is 3.96. The summed E-state index contributed by atoms with van der Waals surface area (Å²) < 4.78 is 4.98. The third kappa shape index (κ3) is 6.05. The van der Waals surface area contributed by atoms with Crippen LogP contribution in [0.2, 0.25) is 0 Å². The Morgan fingerprint density at radius 3 is 2.50 bits per heavy atom. The van der Waals surface area contributed by atoms with Gasteiger partial charge in [0.2, 0.25) is 5.60 Å². The Balaban J connectivity index is 1.78. The molecule has 1 aromatic carbocycles. The number of nitrogens with one attached hydrogen (secondary N) is 1. The lowest BCUT2D eigenvalue weighted by molar-refractivity contribution is -0.154. The maximum Gasteiger partial charge on any atom is 0.306 e. The molecule has 0 fully saturated rings. The number of carboxylic acid groups (broad SMARTS) is 1. The maximum absolute atomic E-state index is 13.4. The number of nitrogens with zero attached hydrogens (tertiary/aromatic N) is 2. The number of esters is 1. The Morgan fingerprint density at radius 1 is 1.11 bits per heavy atom. The Labute approximate surface area is 209 Å². The molecule has 36 heavy (non-hydrogen) atoms. The largest absolute Gasteiger partial charge is 0.481 e. The first-order chi connectivity index (χ1) is 17.0. The molecule has 2 heterocycles. The highest BCUT2D eigenvalue weighted by Gasteiger charge is 2.51. The van der Waals surface area contributed by atoms with Crippen LogP contribution in [0.25, 0.3) is 10.8 Å². The number of carbonyl (C=O) groups excluding carboxylic acids is 3. The molecule has 0 radical (unpaired) electrons. The molecule has 2 atom stereocenters. The molecule has 2 N–H and O–H groups in total. The number of Topliss-reactive ketones (excluding diaryl/α,β-unsaturated/α-hetero) is 1. The van der Waals surface area contributed by atoms with E-state index in [0.29, 0.717) is 11.4 Å². The van der Waals surface area contributed by atoms with E-state index in [4.69, 9.17) is 9.57 Å². The number of fused-ring (bicyclic) bond motifs is 1. The molecule has 192 valence electrons. The lowest BCUT2D eigenvalue weighted by Gasteiger charge is -2.30. The van der Waals surface area contributed by atoms with Gasteiger partial charge in [-0.2, -0.15) is 0 Å². The Hall–Kier alpha value is -3.82. The van der Waals surface area contributed by atoms with Crippen molar-refractivity contribution in [2.45, 2.75) is 58.6 Å². The van der Waals surface area contributed by atoms with Crippen LogP contribution < -0.4 is 5.32 Å². The predicted octanol–water partition coefficient (Wildman–Crippen LogP) is 2.87. The smallest absolute Gasteiger partial charge is 0.306 e. The molecule has 0 aliphatic carbocycles. The van der Waals surface area contributed by atoms with Crippen molar-refractivity contribution in [2.75, 3.05) is 6.61 Å². The zero-order chi connectivity index (χ0) is 26.5. The first kappa shape index (κ1) is 26.8. The van der Waals surface area contributed by atoms with Crippen molar-refractivity contribution < 1.29 is 33.9 Å². The summed E-state index contributed by atoms with van der Waals surface area (Å²) in [5.41, 5.74) is -0.419. The van der Waals surface area contributed by atoms with Gasteiger partial charge < -0.3 is 20.0 Å². The second-order valence-corrected chi connectivity index (χ2v) is 9.58. The molecule has 10 nitrogen and oxygen atoms in total. The van der Waals surface area contributed by atoms with Gasteiger partial charge in [0.15, 0.2) is 12.4 Å². The van der Waals surface area contributed by atoms with Crippen molar-refractivity contribution in [1.82, 2.24) is 10.3 Å². The second kappa shape index (κ2) is 11.3. The molecule has 1 aliphatic rings. The van der Waals surface area contributed by atoms with Gasteiger partial charge >= 0.3 is 11.9 Å². The van der Waals surface area contributed by atoms with E-state index in [-0.39, 0.29) is 24.7 Å². The van der Waals surface area contributed by atoms with Crippen LogP contribution >= 0.6 is 0 Å². The van der Waals surface area contributed by atoms with Gasteiger partial charge in [0.05, 0.1) is 12.1 Å². The van der Waals surface area contributed by atoms with E-state index in [1.165, 1.54) is 0 Å². The number of pyridine rings is 1. The van der Waals surface area contributed by atoms with E-state index in [2.05, 4.69) is 15.5 Å². The first-order valence-electron chi connectivity index (χ1n) is 11.8. The van der Waals surface area contributed by atoms with Gasteiger partial charge in [0.25, 0.3) is 5.91 Å². The van der Waals surface area contributed by atoms with Gasteiger partial charge in [-0.15, -0.1) is 0 Å². The zero-order valence-electron chi connectivity index (χ0n) is 20.8. The molecule has 0 saturated heterocycles. The van der Waals surface area contributed by atoms with E-state index >= 15 is 0 Å². The fraction of sp³-hybridized carbons (Fsp3) is 0.462. The van der Waals surface area contributed by atoms with Crippen LogP contribution in [0.3, 0.4) is 0 Å². The lowest BCUT2D eigenvalue weighted by atomic mass is 9.83. The van der Waals surface area contributed by atoms with E-state index in [1.54, 1.807) is 20.0 Å². The lowest BCUT2D eigenvalue weighted by Crippen LogP contribution is -2.56. The number of hydrogen-bond acceptors (Lipinski definition) is 8. The molecular weight excluding hydrogens is 466 g/mol. The average molecular weight is 498 g/mol. The highest BCUT2D eigenvalue weighted by Crippen LogP contribution is 2.35. The maximum atomic E-state index is 13.4. The minimum Gasteiger partial charge on any atom is -0.481 e. The molecule has 0 saturated carbocycles. The number of aromatic nitrogens is 1. The van der Waals surface area contributed by atoms with Crippen LogP contribution in [0.4, 0.5) is 0 Å². The Morgan fingerprint density at radius 2 is 1.83 bits per heavy atom. The minimum atomic E-state index is -1.47. The summed E-state index contributed by atoms with van der Waals surface area (Å²) in [5, 5.41) is 17.8. The van der Waals surface area contributed by atoms with Crippen LogP contribution in [0, 0.1) is 11.8 Å². The van der Waals surface area contributed by atoms with Crippen molar-refractivity contribution in [1.29, 1.82) is 0 Å². The monoisotopic (exact) mass is 497 g/mol. The van der Waals surface area contributed by atoms with Gasteiger partial charge in [-0.05, 0) is 17.4 Å². The Kier molecular flexibility index (Phi) is 8.39. The molecule has 10 heteroatoms. The molecule has 0 spiro atoms. The van der Waals surface area contributed by atoms with E-state index in [9.17, 15) is 24.3 Å². The molecule has 0 unspecified atom stereocenters. The predicted molar refractivity (Wildman–Crippen MR) is 131 cm³/mol. The Bertz CT molecular complexity index is 1190. The highest BCUT2D eigenvalue weighted by molar-refractivity contribution is 6.12. The van der Waals surface area contributed by atoms with Crippen LogP contribution in [0.5, 0.6) is 0 Å². The number of oxime groups is 1. The molecule has 0 bridgehead atoms. The number of ketones is 1. The summed E-state index contributed by atoms with van der Waals surface area (Å²) in [4.78, 5) is 59.5. The summed E-state index contributed by atoms with van der Waals surface area (Å²) in [6.45, 7) is 6.56. The van der Waals surface area contributed by atoms with Gasteiger partial charge in [-0.25, -0.2) is 0 Å². The summed E-state index contributed by atoms with van der Waals surface area (Å²) >= 11 is 0. The van der Waals surface area contributed by atoms with Gasteiger partial charge in [-0.3, -0.25) is 24.2 Å². The molecule has 1 aliphatic heterocycles. The third-order valence-electron chi connectivity index (χ3n) is 6.04. The standard InChI is InChI=1S/C26H31N3O7/c1-15(2)11-23(33)35-14-21(30)19(12-22(31)32)28-25(34)26(16(3)4)13-20(29-36-26)24-18-8-6-5-7-17(18)9-10-27-24/h5-10,15-16,19H,11-14H2,1-4H3,(H,28,34)(H,31,32)/t19-,26+/m0/s1. The van der Waals surface area contributed by atoms with Gasteiger partial charge in [0.1, 0.15) is 11.8 Å². The fourth-order valence-corrected chi connectivity index (χ4v) is 3.96. The van der Waals surface area contributed by atoms with Gasteiger partial charge in [-0.1, -0.05) is 57.1 Å². The third-order valence-corrected chi connectivity index (χ3v) is 6.04. The van der Waals surface area contributed by atoms with Crippen molar-refractivity contribution in [3.05, 3.63) is 42.2 Å². The summed E-state index contributed by atoms with van der Waals surface area (Å²) in [6.07, 6.45) is 1.18. The molecule has 3 rings (SSSR count). The summed E-state index contributed by atoms with van der Waals surface area (Å²) in [5.74, 6) is -3.60. The van der Waals surface area contributed by atoms with Crippen molar-refractivity contribution in [3.8, 4) is 0 Å². The number of carbonyl (C=O) groups is 4. The van der Waals surface area contributed by atoms with E-state index in [0.717, 1.165) is 10.8 Å². The zero-order valence-corrected chi connectivity index (χ0v) is 20.8. The number of ether oxygens (including phenoxy) is 1. The summed E-state index contributed by atoms with van der Waals surface area (Å²) in [7, 11) is 0. The van der Waals surface area contributed by atoms with Crippen LogP contribution in [-0.4, -0.2) is 57.7 Å².